The lowest BCUT2D eigenvalue weighted by Gasteiger charge is -2.12. The monoisotopic (exact) mass is 295 g/mol. The van der Waals surface area contributed by atoms with Gasteiger partial charge in [-0.15, -0.1) is 0 Å². The van der Waals surface area contributed by atoms with E-state index in [-0.39, 0.29) is 5.92 Å². The van der Waals surface area contributed by atoms with E-state index in [2.05, 4.69) is 35.6 Å². The fraction of sp³-hybridized carbons (Fsp3) is 0.176. The topological polar surface area (TPSA) is 43.3 Å². The third kappa shape index (κ3) is 2.43. The molecule has 0 aliphatic rings. The molecule has 21 heavy (non-hydrogen) atoms. The van der Waals surface area contributed by atoms with Gasteiger partial charge < -0.3 is 10.1 Å². The van der Waals surface area contributed by atoms with Crippen LogP contribution in [0.5, 0.6) is 0 Å². The number of fused-ring (bicyclic) bond motifs is 1. The summed E-state index contributed by atoms with van der Waals surface area (Å²) < 4.78 is 2.07. The van der Waals surface area contributed by atoms with E-state index in [1.54, 1.807) is 0 Å². The maximum Gasteiger partial charge on any atom is 0.137 e. The van der Waals surface area contributed by atoms with E-state index in [9.17, 15) is 0 Å². The van der Waals surface area contributed by atoms with Crippen molar-refractivity contribution in [2.24, 2.45) is 5.73 Å². The Morgan fingerprint density at radius 3 is 2.57 bits per heavy atom. The first-order valence-electron chi connectivity index (χ1n) is 6.91. The SMILES string of the molecule is Cc1ccc(-c2nc3ccccn3c2C(C)C(N)=S)cc1. The molecule has 2 N–H and O–H groups in total. The summed E-state index contributed by atoms with van der Waals surface area (Å²) in [6, 6.07) is 14.3. The average Bonchev–Trinajstić information content (AvgIpc) is 2.86. The largest absolute Gasteiger partial charge is 0.393 e. The zero-order valence-corrected chi connectivity index (χ0v) is 12.9. The molecular formula is C17H17N3S. The Labute approximate surface area is 129 Å². The highest BCUT2D eigenvalue weighted by atomic mass is 32.1. The third-order valence-corrected chi connectivity index (χ3v) is 4.08. The van der Waals surface area contributed by atoms with Crippen LogP contribution in [0.25, 0.3) is 16.9 Å². The minimum atomic E-state index is -0.0336. The van der Waals surface area contributed by atoms with Crippen molar-refractivity contribution < 1.29 is 0 Å². The van der Waals surface area contributed by atoms with Gasteiger partial charge in [0.1, 0.15) is 5.65 Å². The first-order chi connectivity index (χ1) is 10.1. The first kappa shape index (κ1) is 13.8. The normalized spacial score (nSPS) is 12.5. The minimum Gasteiger partial charge on any atom is -0.393 e. The Bertz CT molecular complexity index is 803. The summed E-state index contributed by atoms with van der Waals surface area (Å²) in [6.07, 6.45) is 2.00. The molecular weight excluding hydrogens is 278 g/mol. The standard InChI is InChI=1S/C17H17N3S/c1-11-6-8-13(9-7-11)15-16(12(2)17(18)21)20-10-4-3-5-14(20)19-15/h3-10,12H,1-2H3,(H2,18,21). The molecule has 0 spiro atoms. The van der Waals surface area contributed by atoms with Crippen molar-refractivity contribution >= 4 is 22.9 Å². The molecule has 2 aromatic heterocycles. The molecule has 1 aromatic carbocycles. The fourth-order valence-corrected chi connectivity index (χ4v) is 2.60. The molecule has 0 fully saturated rings. The Morgan fingerprint density at radius 1 is 1.19 bits per heavy atom. The van der Waals surface area contributed by atoms with Gasteiger partial charge in [0.05, 0.1) is 16.4 Å². The molecule has 2 heterocycles. The molecule has 0 aliphatic heterocycles. The Kier molecular flexibility index (Phi) is 3.47. The van der Waals surface area contributed by atoms with Crippen LogP contribution in [0.1, 0.15) is 24.1 Å². The zero-order chi connectivity index (χ0) is 15.0. The van der Waals surface area contributed by atoms with E-state index >= 15 is 0 Å². The minimum absolute atomic E-state index is 0.0336. The number of aromatic nitrogens is 2. The lowest BCUT2D eigenvalue weighted by Crippen LogP contribution is -2.18. The van der Waals surface area contributed by atoms with Gasteiger partial charge in [0, 0.05) is 17.7 Å². The number of thiocarbonyl (C=S) groups is 1. The number of rotatable bonds is 3. The molecule has 0 saturated heterocycles. The summed E-state index contributed by atoms with van der Waals surface area (Å²) in [5, 5.41) is 0. The maximum atomic E-state index is 5.88. The number of hydrogen-bond donors (Lipinski definition) is 1. The summed E-state index contributed by atoms with van der Waals surface area (Å²) in [7, 11) is 0. The molecule has 3 aromatic rings. The average molecular weight is 295 g/mol. The van der Waals surface area contributed by atoms with Crippen molar-refractivity contribution in [2.45, 2.75) is 19.8 Å². The van der Waals surface area contributed by atoms with Gasteiger partial charge in [-0.3, -0.25) is 0 Å². The molecule has 0 radical (unpaired) electrons. The molecule has 3 nitrogen and oxygen atoms in total. The predicted molar refractivity (Wildman–Crippen MR) is 90.6 cm³/mol. The second-order valence-corrected chi connectivity index (χ2v) is 5.74. The summed E-state index contributed by atoms with van der Waals surface area (Å²) >= 11 is 5.20. The number of aryl methyl sites for hydroxylation is 1. The van der Waals surface area contributed by atoms with Gasteiger partial charge in [0.2, 0.25) is 0 Å². The van der Waals surface area contributed by atoms with Crippen LogP contribution >= 0.6 is 12.2 Å². The van der Waals surface area contributed by atoms with Crippen molar-refractivity contribution in [3.63, 3.8) is 0 Å². The Morgan fingerprint density at radius 2 is 1.90 bits per heavy atom. The van der Waals surface area contributed by atoms with E-state index in [0.29, 0.717) is 4.99 Å². The van der Waals surface area contributed by atoms with Gasteiger partial charge in [-0.25, -0.2) is 4.98 Å². The predicted octanol–water partition coefficient (Wildman–Crippen LogP) is 3.70. The molecule has 0 aliphatic carbocycles. The van der Waals surface area contributed by atoms with Crippen LogP contribution in [0.2, 0.25) is 0 Å². The van der Waals surface area contributed by atoms with E-state index in [1.165, 1.54) is 5.56 Å². The van der Waals surface area contributed by atoms with E-state index in [4.69, 9.17) is 22.9 Å². The third-order valence-electron chi connectivity index (χ3n) is 3.73. The van der Waals surface area contributed by atoms with Gasteiger partial charge in [0.25, 0.3) is 0 Å². The van der Waals surface area contributed by atoms with Gasteiger partial charge in [-0.05, 0) is 19.1 Å². The molecule has 3 rings (SSSR count). The van der Waals surface area contributed by atoms with Gasteiger partial charge in [-0.2, -0.15) is 0 Å². The maximum absolute atomic E-state index is 5.88. The zero-order valence-electron chi connectivity index (χ0n) is 12.1. The highest BCUT2D eigenvalue weighted by molar-refractivity contribution is 7.80. The van der Waals surface area contributed by atoms with Crippen LogP contribution in [0.15, 0.2) is 48.7 Å². The molecule has 4 heteroatoms. The van der Waals surface area contributed by atoms with E-state index in [1.807, 2.05) is 31.3 Å². The highest BCUT2D eigenvalue weighted by Gasteiger charge is 2.20. The second kappa shape index (κ2) is 5.30. The molecule has 0 bridgehead atoms. The van der Waals surface area contributed by atoms with Crippen molar-refractivity contribution in [3.05, 3.63) is 59.9 Å². The summed E-state index contributed by atoms with van der Waals surface area (Å²) in [6.45, 7) is 4.10. The first-order valence-corrected chi connectivity index (χ1v) is 7.32. The summed E-state index contributed by atoms with van der Waals surface area (Å²) in [5.41, 5.74) is 11.1. The number of hydrogen-bond acceptors (Lipinski definition) is 2. The Hall–Kier alpha value is -2.20. The molecule has 1 unspecified atom stereocenters. The number of benzene rings is 1. The van der Waals surface area contributed by atoms with Crippen molar-refractivity contribution in [1.82, 2.24) is 9.38 Å². The molecule has 106 valence electrons. The van der Waals surface area contributed by atoms with Crippen LogP contribution in [-0.4, -0.2) is 14.4 Å². The van der Waals surface area contributed by atoms with Crippen molar-refractivity contribution in [3.8, 4) is 11.3 Å². The number of imidazole rings is 1. The summed E-state index contributed by atoms with van der Waals surface area (Å²) in [4.78, 5) is 5.24. The van der Waals surface area contributed by atoms with Crippen LogP contribution in [0, 0.1) is 6.92 Å². The fourth-order valence-electron chi connectivity index (χ4n) is 2.49. The lowest BCUT2D eigenvalue weighted by atomic mass is 10.0. The quantitative estimate of drug-likeness (QED) is 0.749. The number of pyridine rings is 1. The van der Waals surface area contributed by atoms with Gasteiger partial charge >= 0.3 is 0 Å². The smallest absolute Gasteiger partial charge is 0.137 e. The van der Waals surface area contributed by atoms with Gasteiger partial charge in [0.15, 0.2) is 0 Å². The number of nitrogens with zero attached hydrogens (tertiary/aromatic N) is 2. The number of nitrogens with two attached hydrogens (primary N) is 1. The van der Waals surface area contributed by atoms with E-state index < -0.39 is 0 Å². The Balaban J connectivity index is 2.28. The second-order valence-electron chi connectivity index (χ2n) is 5.26. The molecule has 0 amide bonds. The van der Waals surface area contributed by atoms with Crippen LogP contribution in [0.4, 0.5) is 0 Å². The summed E-state index contributed by atoms with van der Waals surface area (Å²) in [5.74, 6) is -0.0336. The van der Waals surface area contributed by atoms with Gasteiger partial charge in [-0.1, -0.05) is 55.0 Å². The van der Waals surface area contributed by atoms with Crippen molar-refractivity contribution in [1.29, 1.82) is 0 Å². The van der Waals surface area contributed by atoms with E-state index in [0.717, 1.165) is 22.6 Å². The highest BCUT2D eigenvalue weighted by Crippen LogP contribution is 2.30. The molecule has 1 atom stereocenters. The lowest BCUT2D eigenvalue weighted by molar-refractivity contribution is 0.930. The van der Waals surface area contributed by atoms with Crippen molar-refractivity contribution in [2.75, 3.05) is 0 Å². The molecule has 0 saturated carbocycles. The van der Waals surface area contributed by atoms with Crippen LogP contribution in [-0.2, 0) is 0 Å². The van der Waals surface area contributed by atoms with Crippen LogP contribution in [0.3, 0.4) is 0 Å². The van der Waals surface area contributed by atoms with Crippen LogP contribution < -0.4 is 5.73 Å².